The molecule has 0 atom stereocenters. The Bertz CT molecular complexity index is 482. The first-order valence-corrected chi connectivity index (χ1v) is 5.80. The zero-order valence-corrected chi connectivity index (χ0v) is 10.4. The van der Waals surface area contributed by atoms with Crippen LogP contribution in [0.4, 0.5) is 8.78 Å². The van der Waals surface area contributed by atoms with Crippen molar-refractivity contribution in [1.82, 2.24) is 9.78 Å². The standard InChI is InChI=1S/C11H9F2IN2/c12-11(13)7-16-6-8(5-15-16)9-3-1-2-4-10(9)14/h1-6,11H,7H2. The molecule has 1 aromatic heterocycles. The van der Waals surface area contributed by atoms with Gasteiger partial charge in [0.25, 0.3) is 6.43 Å². The van der Waals surface area contributed by atoms with E-state index < -0.39 is 6.43 Å². The van der Waals surface area contributed by atoms with Gasteiger partial charge in [0.15, 0.2) is 0 Å². The molecule has 0 fully saturated rings. The summed E-state index contributed by atoms with van der Waals surface area (Å²) in [6, 6.07) is 7.78. The van der Waals surface area contributed by atoms with E-state index >= 15 is 0 Å². The fraction of sp³-hybridized carbons (Fsp3) is 0.182. The number of halogens is 3. The number of rotatable bonds is 3. The predicted molar refractivity (Wildman–Crippen MR) is 66.4 cm³/mol. The molecule has 1 heterocycles. The number of hydrogen-bond acceptors (Lipinski definition) is 1. The second kappa shape index (κ2) is 4.90. The highest BCUT2D eigenvalue weighted by Crippen LogP contribution is 2.24. The number of hydrogen-bond donors (Lipinski definition) is 0. The maximum atomic E-state index is 12.1. The first-order valence-electron chi connectivity index (χ1n) is 4.72. The van der Waals surface area contributed by atoms with Gasteiger partial charge in [0, 0.05) is 15.3 Å². The van der Waals surface area contributed by atoms with Gasteiger partial charge >= 0.3 is 0 Å². The van der Waals surface area contributed by atoms with Gasteiger partial charge in [-0.25, -0.2) is 8.78 Å². The van der Waals surface area contributed by atoms with Crippen LogP contribution in [0.3, 0.4) is 0 Å². The Morgan fingerprint density at radius 1 is 1.31 bits per heavy atom. The van der Waals surface area contributed by atoms with Crippen LogP contribution in [0, 0.1) is 3.57 Å². The molecule has 0 unspecified atom stereocenters. The van der Waals surface area contributed by atoms with Gasteiger partial charge in [0.2, 0.25) is 0 Å². The number of benzene rings is 1. The Kier molecular flexibility index (Phi) is 3.52. The first-order chi connectivity index (χ1) is 7.66. The molecular weight excluding hydrogens is 325 g/mol. The Morgan fingerprint density at radius 3 is 2.75 bits per heavy atom. The summed E-state index contributed by atoms with van der Waals surface area (Å²) in [6.45, 7) is -0.358. The molecule has 0 aliphatic carbocycles. The molecule has 16 heavy (non-hydrogen) atoms. The van der Waals surface area contributed by atoms with Crippen molar-refractivity contribution in [3.05, 3.63) is 40.2 Å². The largest absolute Gasteiger partial charge is 0.266 e. The van der Waals surface area contributed by atoms with E-state index in [2.05, 4.69) is 27.7 Å². The summed E-state index contributed by atoms with van der Waals surface area (Å²) in [5, 5.41) is 3.91. The van der Waals surface area contributed by atoms with E-state index in [0.29, 0.717) is 0 Å². The summed E-state index contributed by atoms with van der Waals surface area (Å²) < 4.78 is 26.6. The molecule has 0 N–H and O–H groups in total. The average Bonchev–Trinajstić information content (AvgIpc) is 2.66. The van der Waals surface area contributed by atoms with Gasteiger partial charge in [-0.1, -0.05) is 18.2 Å². The smallest absolute Gasteiger partial charge is 0.257 e. The lowest BCUT2D eigenvalue weighted by Gasteiger charge is -2.00. The van der Waals surface area contributed by atoms with E-state index in [1.165, 1.54) is 4.68 Å². The fourth-order valence-electron chi connectivity index (χ4n) is 1.44. The van der Waals surface area contributed by atoms with Crippen LogP contribution >= 0.6 is 22.6 Å². The Labute approximate surface area is 105 Å². The van der Waals surface area contributed by atoms with Gasteiger partial charge in [-0.3, -0.25) is 4.68 Å². The normalized spacial score (nSPS) is 11.0. The van der Waals surface area contributed by atoms with E-state index in [0.717, 1.165) is 14.7 Å². The number of alkyl halides is 2. The summed E-state index contributed by atoms with van der Waals surface area (Å²) in [4.78, 5) is 0. The number of aromatic nitrogens is 2. The van der Waals surface area contributed by atoms with E-state index in [1.807, 2.05) is 24.3 Å². The van der Waals surface area contributed by atoms with Gasteiger partial charge in [-0.2, -0.15) is 5.10 Å². The molecule has 0 bridgehead atoms. The summed E-state index contributed by atoms with van der Waals surface area (Å²) in [5.74, 6) is 0. The predicted octanol–water partition coefficient (Wildman–Crippen LogP) is 3.42. The van der Waals surface area contributed by atoms with E-state index in [-0.39, 0.29) is 6.54 Å². The zero-order chi connectivity index (χ0) is 11.5. The zero-order valence-electron chi connectivity index (χ0n) is 8.28. The molecular formula is C11H9F2IN2. The molecule has 0 saturated heterocycles. The summed E-state index contributed by atoms with van der Waals surface area (Å²) >= 11 is 2.21. The van der Waals surface area contributed by atoms with Crippen LogP contribution in [-0.4, -0.2) is 16.2 Å². The highest BCUT2D eigenvalue weighted by Gasteiger charge is 2.08. The molecule has 0 spiro atoms. The lowest BCUT2D eigenvalue weighted by Crippen LogP contribution is -2.06. The van der Waals surface area contributed by atoms with Crippen molar-refractivity contribution in [1.29, 1.82) is 0 Å². The second-order valence-electron chi connectivity index (χ2n) is 3.32. The van der Waals surface area contributed by atoms with Crippen LogP contribution in [0.25, 0.3) is 11.1 Å². The summed E-state index contributed by atoms with van der Waals surface area (Å²) in [6.07, 6.45) is 0.881. The Morgan fingerprint density at radius 2 is 2.06 bits per heavy atom. The summed E-state index contributed by atoms with van der Waals surface area (Å²) in [5.41, 5.74) is 1.88. The number of nitrogens with zero attached hydrogens (tertiary/aromatic N) is 2. The maximum Gasteiger partial charge on any atom is 0.257 e. The van der Waals surface area contributed by atoms with Gasteiger partial charge in [-0.05, 0) is 34.2 Å². The van der Waals surface area contributed by atoms with Crippen LogP contribution in [-0.2, 0) is 6.54 Å². The minimum atomic E-state index is -2.37. The molecule has 0 saturated carbocycles. The summed E-state index contributed by atoms with van der Waals surface area (Å²) in [7, 11) is 0. The SMILES string of the molecule is FC(F)Cn1cc(-c2ccccc2I)cn1. The fourth-order valence-corrected chi connectivity index (χ4v) is 2.14. The molecule has 1 aromatic carbocycles. The van der Waals surface area contributed by atoms with Crippen LogP contribution < -0.4 is 0 Å². The van der Waals surface area contributed by atoms with Gasteiger partial charge in [-0.15, -0.1) is 0 Å². The second-order valence-corrected chi connectivity index (χ2v) is 4.48. The minimum absolute atomic E-state index is 0.358. The van der Waals surface area contributed by atoms with E-state index in [9.17, 15) is 8.78 Å². The highest BCUT2D eigenvalue weighted by molar-refractivity contribution is 14.1. The van der Waals surface area contributed by atoms with E-state index in [4.69, 9.17) is 0 Å². The lowest BCUT2D eigenvalue weighted by molar-refractivity contribution is 0.122. The molecule has 2 nitrogen and oxygen atoms in total. The van der Waals surface area contributed by atoms with Crippen LogP contribution in [0.5, 0.6) is 0 Å². The van der Waals surface area contributed by atoms with Crippen molar-refractivity contribution >= 4 is 22.6 Å². The molecule has 0 aliphatic heterocycles. The van der Waals surface area contributed by atoms with E-state index in [1.54, 1.807) is 12.4 Å². The Hall–Kier alpha value is -0.980. The lowest BCUT2D eigenvalue weighted by atomic mass is 10.1. The molecule has 2 rings (SSSR count). The molecule has 5 heteroatoms. The topological polar surface area (TPSA) is 17.8 Å². The minimum Gasteiger partial charge on any atom is -0.266 e. The van der Waals surface area contributed by atoms with Crippen molar-refractivity contribution in [3.8, 4) is 11.1 Å². The first kappa shape index (κ1) is 11.5. The highest BCUT2D eigenvalue weighted by atomic mass is 127. The van der Waals surface area contributed by atoms with Gasteiger partial charge < -0.3 is 0 Å². The van der Waals surface area contributed by atoms with Crippen LogP contribution in [0.15, 0.2) is 36.7 Å². The molecule has 0 radical (unpaired) electrons. The maximum absolute atomic E-state index is 12.1. The van der Waals surface area contributed by atoms with Gasteiger partial charge in [0.1, 0.15) is 6.54 Å². The average molecular weight is 334 g/mol. The third kappa shape index (κ3) is 2.58. The quantitative estimate of drug-likeness (QED) is 0.787. The van der Waals surface area contributed by atoms with Crippen molar-refractivity contribution < 1.29 is 8.78 Å². The van der Waals surface area contributed by atoms with Gasteiger partial charge in [0.05, 0.1) is 6.20 Å². The molecule has 2 aromatic rings. The van der Waals surface area contributed by atoms with Crippen LogP contribution in [0.1, 0.15) is 0 Å². The van der Waals surface area contributed by atoms with Crippen LogP contribution in [0.2, 0.25) is 0 Å². The van der Waals surface area contributed by atoms with Crippen molar-refractivity contribution in [3.63, 3.8) is 0 Å². The molecule has 0 aliphatic rings. The third-order valence-corrected chi connectivity index (χ3v) is 3.08. The monoisotopic (exact) mass is 334 g/mol. The van der Waals surface area contributed by atoms with Crippen molar-refractivity contribution in [2.24, 2.45) is 0 Å². The van der Waals surface area contributed by atoms with Crippen molar-refractivity contribution in [2.75, 3.05) is 0 Å². The molecule has 84 valence electrons. The third-order valence-electron chi connectivity index (χ3n) is 2.14. The van der Waals surface area contributed by atoms with Crippen molar-refractivity contribution in [2.45, 2.75) is 13.0 Å². The molecule has 0 amide bonds. The Balaban J connectivity index is 2.28.